The summed E-state index contributed by atoms with van der Waals surface area (Å²) in [5, 5.41) is 7.00. The molecule has 0 saturated heterocycles. The molecule has 0 radical (unpaired) electrons. The lowest BCUT2D eigenvalue weighted by molar-refractivity contribution is 0.0946. The average molecular weight is 274 g/mol. The van der Waals surface area contributed by atoms with Crippen molar-refractivity contribution in [3.8, 4) is 0 Å². The summed E-state index contributed by atoms with van der Waals surface area (Å²) >= 11 is 3.32. The molecule has 0 fully saturated rings. The summed E-state index contributed by atoms with van der Waals surface area (Å²) in [5.74, 6) is -0.109. The first-order valence-corrected chi connectivity index (χ1v) is 5.99. The van der Waals surface area contributed by atoms with E-state index in [0.717, 1.165) is 23.9 Å². The largest absolute Gasteiger partial charge is 0.351 e. The van der Waals surface area contributed by atoms with Gasteiger partial charge in [0.1, 0.15) is 0 Å². The van der Waals surface area contributed by atoms with Crippen LogP contribution in [0.3, 0.4) is 0 Å². The number of halogens is 1. The minimum atomic E-state index is -0.109. The number of nitrogens with one attached hydrogen (secondary N) is 1. The predicted molar refractivity (Wildman–Crippen MR) is 62.8 cm³/mol. The molecule has 1 N–H and O–H groups in total. The first-order valence-electron chi connectivity index (χ1n) is 5.20. The van der Waals surface area contributed by atoms with Crippen LogP contribution < -0.4 is 5.32 Å². The summed E-state index contributed by atoms with van der Waals surface area (Å²) in [7, 11) is 0. The normalized spacial score (nSPS) is 10.3. The lowest BCUT2D eigenvalue weighted by atomic mass is 10.3. The molecular formula is C10H16BrN3O. The Morgan fingerprint density at radius 1 is 1.60 bits per heavy atom. The standard InChI is InChI=1S/C10H16BrN3O/c1-3-5-6-12-10(15)9-8(11)7-14(4-2)13-9/h7H,3-6H2,1-2H3,(H,12,15). The van der Waals surface area contributed by atoms with Gasteiger partial charge in [0.15, 0.2) is 5.69 Å². The molecule has 1 amide bonds. The minimum Gasteiger partial charge on any atom is -0.351 e. The SMILES string of the molecule is CCCCNC(=O)c1nn(CC)cc1Br. The van der Waals surface area contributed by atoms with Crippen molar-refractivity contribution in [1.82, 2.24) is 15.1 Å². The first-order chi connectivity index (χ1) is 7.19. The number of unbranched alkanes of at least 4 members (excludes halogenated alkanes) is 1. The Bertz CT molecular complexity index is 335. The van der Waals surface area contributed by atoms with Crippen LogP contribution >= 0.6 is 15.9 Å². The van der Waals surface area contributed by atoms with E-state index in [1.54, 1.807) is 4.68 Å². The van der Waals surface area contributed by atoms with Crippen LogP contribution in [-0.2, 0) is 6.54 Å². The van der Waals surface area contributed by atoms with Crippen LogP contribution in [0.2, 0.25) is 0 Å². The van der Waals surface area contributed by atoms with Gasteiger partial charge in [0.05, 0.1) is 4.47 Å². The van der Waals surface area contributed by atoms with Crippen LogP contribution in [-0.4, -0.2) is 22.2 Å². The quantitative estimate of drug-likeness (QED) is 0.837. The van der Waals surface area contributed by atoms with Gasteiger partial charge in [-0.3, -0.25) is 9.48 Å². The fourth-order valence-corrected chi connectivity index (χ4v) is 1.67. The molecule has 1 rings (SSSR count). The highest BCUT2D eigenvalue weighted by Gasteiger charge is 2.13. The van der Waals surface area contributed by atoms with Crippen LogP contribution in [0.25, 0.3) is 0 Å². The molecule has 0 atom stereocenters. The topological polar surface area (TPSA) is 46.9 Å². The van der Waals surface area contributed by atoms with E-state index in [1.165, 1.54) is 0 Å². The van der Waals surface area contributed by atoms with Gasteiger partial charge in [0, 0.05) is 19.3 Å². The van der Waals surface area contributed by atoms with Gasteiger partial charge in [-0.1, -0.05) is 13.3 Å². The average Bonchev–Trinajstić information content (AvgIpc) is 2.60. The van der Waals surface area contributed by atoms with Crippen LogP contribution in [0.5, 0.6) is 0 Å². The van der Waals surface area contributed by atoms with Crippen LogP contribution in [0.4, 0.5) is 0 Å². The highest BCUT2D eigenvalue weighted by Crippen LogP contribution is 2.14. The summed E-state index contributed by atoms with van der Waals surface area (Å²) in [5.41, 5.74) is 0.466. The Labute approximate surface area is 98.2 Å². The highest BCUT2D eigenvalue weighted by molar-refractivity contribution is 9.10. The Hall–Kier alpha value is -0.840. The molecule has 15 heavy (non-hydrogen) atoms. The molecule has 1 aromatic heterocycles. The summed E-state index contributed by atoms with van der Waals surface area (Å²) in [4.78, 5) is 11.7. The maximum Gasteiger partial charge on any atom is 0.272 e. The number of aromatic nitrogens is 2. The molecule has 0 saturated carbocycles. The molecule has 0 aliphatic heterocycles. The van der Waals surface area contributed by atoms with Crippen LogP contribution in [0.15, 0.2) is 10.7 Å². The van der Waals surface area contributed by atoms with Gasteiger partial charge in [0.2, 0.25) is 0 Å². The molecule has 4 nitrogen and oxygen atoms in total. The Morgan fingerprint density at radius 3 is 2.87 bits per heavy atom. The number of hydrogen-bond acceptors (Lipinski definition) is 2. The minimum absolute atomic E-state index is 0.109. The van der Waals surface area contributed by atoms with E-state index >= 15 is 0 Å². The van der Waals surface area contributed by atoms with Gasteiger partial charge in [-0.25, -0.2) is 0 Å². The molecule has 0 aliphatic carbocycles. The van der Waals surface area contributed by atoms with E-state index in [9.17, 15) is 4.79 Å². The van der Waals surface area contributed by atoms with E-state index in [2.05, 4.69) is 33.3 Å². The van der Waals surface area contributed by atoms with Gasteiger partial charge in [-0.15, -0.1) is 0 Å². The second-order valence-corrected chi connectivity index (χ2v) is 4.15. The third-order valence-electron chi connectivity index (χ3n) is 2.07. The number of rotatable bonds is 5. The van der Waals surface area contributed by atoms with E-state index in [1.807, 2.05) is 13.1 Å². The smallest absolute Gasteiger partial charge is 0.272 e. The molecule has 1 aromatic rings. The van der Waals surface area contributed by atoms with Crippen LogP contribution in [0.1, 0.15) is 37.2 Å². The molecule has 84 valence electrons. The Kier molecular flexibility index (Phi) is 4.81. The van der Waals surface area contributed by atoms with Crippen molar-refractivity contribution in [2.75, 3.05) is 6.54 Å². The number of aryl methyl sites for hydroxylation is 1. The molecule has 0 aliphatic rings. The number of nitrogens with zero attached hydrogens (tertiary/aromatic N) is 2. The number of carbonyl (C=O) groups is 1. The lowest BCUT2D eigenvalue weighted by Gasteiger charge is -2.01. The molecule has 0 spiro atoms. The fraction of sp³-hybridized carbons (Fsp3) is 0.600. The van der Waals surface area contributed by atoms with Crippen molar-refractivity contribution in [1.29, 1.82) is 0 Å². The maximum atomic E-state index is 11.7. The third-order valence-corrected chi connectivity index (χ3v) is 2.65. The lowest BCUT2D eigenvalue weighted by Crippen LogP contribution is -2.25. The van der Waals surface area contributed by atoms with Gasteiger partial charge in [-0.05, 0) is 29.3 Å². The third kappa shape index (κ3) is 3.34. The van der Waals surface area contributed by atoms with Crippen molar-refractivity contribution < 1.29 is 4.79 Å². The number of hydrogen-bond donors (Lipinski definition) is 1. The zero-order valence-electron chi connectivity index (χ0n) is 9.09. The molecular weight excluding hydrogens is 258 g/mol. The summed E-state index contributed by atoms with van der Waals surface area (Å²) < 4.78 is 2.48. The fourth-order valence-electron chi connectivity index (χ4n) is 1.18. The Morgan fingerprint density at radius 2 is 2.33 bits per heavy atom. The van der Waals surface area contributed by atoms with Crippen molar-refractivity contribution in [2.45, 2.75) is 33.2 Å². The first kappa shape index (κ1) is 12.2. The second-order valence-electron chi connectivity index (χ2n) is 3.29. The zero-order chi connectivity index (χ0) is 11.3. The second kappa shape index (κ2) is 5.90. The van der Waals surface area contributed by atoms with Crippen molar-refractivity contribution >= 4 is 21.8 Å². The maximum absolute atomic E-state index is 11.7. The zero-order valence-corrected chi connectivity index (χ0v) is 10.7. The molecule has 5 heteroatoms. The predicted octanol–water partition coefficient (Wildman–Crippen LogP) is 2.20. The van der Waals surface area contributed by atoms with E-state index in [0.29, 0.717) is 12.2 Å². The van der Waals surface area contributed by atoms with Crippen molar-refractivity contribution in [3.63, 3.8) is 0 Å². The highest BCUT2D eigenvalue weighted by atomic mass is 79.9. The molecule has 0 bridgehead atoms. The van der Waals surface area contributed by atoms with Gasteiger partial charge in [-0.2, -0.15) is 5.10 Å². The van der Waals surface area contributed by atoms with Gasteiger partial charge >= 0.3 is 0 Å². The number of carbonyl (C=O) groups excluding carboxylic acids is 1. The van der Waals surface area contributed by atoms with E-state index in [4.69, 9.17) is 0 Å². The van der Waals surface area contributed by atoms with Gasteiger partial charge in [0.25, 0.3) is 5.91 Å². The van der Waals surface area contributed by atoms with Crippen LogP contribution in [0, 0.1) is 0 Å². The van der Waals surface area contributed by atoms with E-state index < -0.39 is 0 Å². The molecule has 0 aromatic carbocycles. The summed E-state index contributed by atoms with van der Waals surface area (Å²) in [6.45, 7) is 5.55. The van der Waals surface area contributed by atoms with Crippen molar-refractivity contribution in [3.05, 3.63) is 16.4 Å². The van der Waals surface area contributed by atoms with E-state index in [-0.39, 0.29) is 5.91 Å². The summed E-state index contributed by atoms with van der Waals surface area (Å²) in [6.07, 6.45) is 3.89. The van der Waals surface area contributed by atoms with Gasteiger partial charge < -0.3 is 5.32 Å². The van der Waals surface area contributed by atoms with Crippen molar-refractivity contribution in [2.24, 2.45) is 0 Å². The number of amides is 1. The Balaban J connectivity index is 2.60. The molecule has 1 heterocycles. The summed E-state index contributed by atoms with van der Waals surface area (Å²) in [6, 6.07) is 0. The molecule has 0 unspecified atom stereocenters. The monoisotopic (exact) mass is 273 g/mol.